The fourth-order valence-corrected chi connectivity index (χ4v) is 1.70. The summed E-state index contributed by atoms with van der Waals surface area (Å²) < 4.78 is 65.7. The van der Waals surface area contributed by atoms with E-state index in [2.05, 4.69) is 4.74 Å². The Bertz CT molecular complexity index is 575. The molecule has 20 heavy (non-hydrogen) atoms. The summed E-state index contributed by atoms with van der Waals surface area (Å²) in [6, 6.07) is 10.2. The van der Waals surface area contributed by atoms with Crippen molar-refractivity contribution < 1.29 is 26.7 Å². The number of ether oxygens (including phenoxy) is 1. The minimum Gasteiger partial charge on any atom is -0.435 e. The maximum absolute atomic E-state index is 12.4. The van der Waals surface area contributed by atoms with Gasteiger partial charge in [-0.15, -0.1) is 0 Å². The molecule has 0 heterocycles. The van der Waals surface area contributed by atoms with Crippen LogP contribution in [0.4, 0.5) is 22.0 Å². The molecule has 2 aromatic rings. The van der Waals surface area contributed by atoms with E-state index in [1.807, 2.05) is 0 Å². The molecule has 2 aromatic carbocycles. The molecule has 0 fully saturated rings. The zero-order valence-corrected chi connectivity index (χ0v) is 9.99. The summed E-state index contributed by atoms with van der Waals surface area (Å²) in [5, 5.41) is 0. The summed E-state index contributed by atoms with van der Waals surface area (Å²) >= 11 is 0. The smallest absolute Gasteiger partial charge is 0.416 e. The van der Waals surface area contributed by atoms with Gasteiger partial charge in [0.15, 0.2) is 0 Å². The van der Waals surface area contributed by atoms with Crippen molar-refractivity contribution in [3.63, 3.8) is 0 Å². The van der Waals surface area contributed by atoms with Crippen LogP contribution in [0.1, 0.15) is 5.56 Å². The molecule has 106 valence electrons. The highest BCUT2D eigenvalue weighted by atomic mass is 19.4. The zero-order chi connectivity index (χ0) is 14.8. The van der Waals surface area contributed by atoms with E-state index in [4.69, 9.17) is 0 Å². The Morgan fingerprint density at radius 3 is 2.05 bits per heavy atom. The Hall–Kier alpha value is -2.11. The minimum atomic E-state index is -4.40. The minimum absolute atomic E-state index is 0.0441. The predicted molar refractivity (Wildman–Crippen MR) is 63.5 cm³/mol. The molecule has 0 unspecified atom stereocenters. The molecule has 1 nitrogen and oxygen atoms in total. The van der Waals surface area contributed by atoms with E-state index in [-0.39, 0.29) is 5.75 Å². The van der Waals surface area contributed by atoms with Crippen molar-refractivity contribution in [2.45, 2.75) is 12.8 Å². The van der Waals surface area contributed by atoms with Gasteiger partial charge in [0.05, 0.1) is 5.56 Å². The first-order valence-corrected chi connectivity index (χ1v) is 5.59. The van der Waals surface area contributed by atoms with Gasteiger partial charge in [-0.25, -0.2) is 0 Å². The van der Waals surface area contributed by atoms with Gasteiger partial charge in [0, 0.05) is 0 Å². The molecule has 0 atom stereocenters. The largest absolute Gasteiger partial charge is 0.435 e. The van der Waals surface area contributed by atoms with Crippen molar-refractivity contribution in [1.82, 2.24) is 0 Å². The van der Waals surface area contributed by atoms with Crippen molar-refractivity contribution in [3.8, 4) is 16.9 Å². The van der Waals surface area contributed by atoms with E-state index < -0.39 is 18.4 Å². The molecule has 0 saturated carbocycles. The maximum atomic E-state index is 12.4. The van der Waals surface area contributed by atoms with Crippen LogP contribution in [0, 0.1) is 0 Å². The molecular weight excluding hydrogens is 279 g/mol. The Labute approximate surface area is 111 Å². The second-order valence-electron chi connectivity index (χ2n) is 3.98. The van der Waals surface area contributed by atoms with Crippen molar-refractivity contribution in [1.29, 1.82) is 0 Å². The Morgan fingerprint density at radius 1 is 0.850 bits per heavy atom. The SMILES string of the molecule is FC(F)Oc1cccc(-c2ccc(C(F)(F)F)cc2)c1. The van der Waals surface area contributed by atoms with Crippen LogP contribution < -0.4 is 4.74 Å². The Morgan fingerprint density at radius 2 is 1.50 bits per heavy atom. The number of benzene rings is 2. The third kappa shape index (κ3) is 3.46. The van der Waals surface area contributed by atoms with Crippen molar-refractivity contribution >= 4 is 0 Å². The number of rotatable bonds is 3. The summed E-state index contributed by atoms with van der Waals surface area (Å²) in [7, 11) is 0. The van der Waals surface area contributed by atoms with Crippen LogP contribution >= 0.6 is 0 Å². The van der Waals surface area contributed by atoms with E-state index in [1.54, 1.807) is 6.07 Å². The second kappa shape index (κ2) is 5.48. The highest BCUT2D eigenvalue weighted by Crippen LogP contribution is 2.31. The van der Waals surface area contributed by atoms with Gasteiger partial charge in [0.1, 0.15) is 5.75 Å². The number of hydrogen-bond donors (Lipinski definition) is 0. The number of halogens is 5. The first-order chi connectivity index (χ1) is 9.36. The first kappa shape index (κ1) is 14.3. The van der Waals surface area contributed by atoms with Crippen LogP contribution in [0.3, 0.4) is 0 Å². The highest BCUT2D eigenvalue weighted by molar-refractivity contribution is 5.65. The van der Waals surface area contributed by atoms with Crippen molar-refractivity contribution in [2.24, 2.45) is 0 Å². The molecule has 0 bridgehead atoms. The molecule has 0 aliphatic rings. The molecule has 0 saturated heterocycles. The van der Waals surface area contributed by atoms with Crippen molar-refractivity contribution in [2.75, 3.05) is 0 Å². The lowest BCUT2D eigenvalue weighted by molar-refractivity contribution is -0.137. The Kier molecular flexibility index (Phi) is 3.92. The number of hydrogen-bond acceptors (Lipinski definition) is 1. The van der Waals surface area contributed by atoms with Gasteiger partial charge in [-0.2, -0.15) is 22.0 Å². The second-order valence-corrected chi connectivity index (χ2v) is 3.98. The Balaban J connectivity index is 2.28. The molecule has 0 aliphatic heterocycles. The molecule has 0 spiro atoms. The van der Waals surface area contributed by atoms with Crippen LogP contribution in [0.2, 0.25) is 0 Å². The number of alkyl halides is 5. The fraction of sp³-hybridized carbons (Fsp3) is 0.143. The van der Waals surface area contributed by atoms with Crippen LogP contribution in [-0.4, -0.2) is 6.61 Å². The van der Waals surface area contributed by atoms with E-state index in [0.29, 0.717) is 11.1 Å². The van der Waals surface area contributed by atoms with Crippen LogP contribution in [-0.2, 0) is 6.18 Å². The predicted octanol–water partition coefficient (Wildman–Crippen LogP) is 4.97. The maximum Gasteiger partial charge on any atom is 0.416 e. The van der Waals surface area contributed by atoms with Gasteiger partial charge in [-0.05, 0) is 35.4 Å². The van der Waals surface area contributed by atoms with Gasteiger partial charge < -0.3 is 4.74 Å². The molecule has 0 aromatic heterocycles. The van der Waals surface area contributed by atoms with Gasteiger partial charge >= 0.3 is 12.8 Å². The van der Waals surface area contributed by atoms with Gasteiger partial charge in [-0.1, -0.05) is 24.3 Å². The average Bonchev–Trinajstić information content (AvgIpc) is 2.37. The van der Waals surface area contributed by atoms with E-state index >= 15 is 0 Å². The summed E-state index contributed by atoms with van der Waals surface area (Å²) in [4.78, 5) is 0. The summed E-state index contributed by atoms with van der Waals surface area (Å²) in [5.74, 6) is -0.0441. The van der Waals surface area contributed by atoms with Crippen LogP contribution in [0.25, 0.3) is 11.1 Å². The monoisotopic (exact) mass is 288 g/mol. The first-order valence-electron chi connectivity index (χ1n) is 5.59. The summed E-state index contributed by atoms with van der Waals surface area (Å²) in [6.07, 6.45) is -4.40. The van der Waals surface area contributed by atoms with Gasteiger partial charge in [-0.3, -0.25) is 0 Å². The lowest BCUT2D eigenvalue weighted by Gasteiger charge is -2.09. The lowest BCUT2D eigenvalue weighted by atomic mass is 10.0. The van der Waals surface area contributed by atoms with Gasteiger partial charge in [0.25, 0.3) is 0 Å². The molecule has 0 radical (unpaired) electrons. The van der Waals surface area contributed by atoms with E-state index in [0.717, 1.165) is 12.1 Å². The molecule has 2 rings (SSSR count). The zero-order valence-electron chi connectivity index (χ0n) is 9.99. The van der Waals surface area contributed by atoms with Crippen LogP contribution in [0.5, 0.6) is 5.75 Å². The van der Waals surface area contributed by atoms with Crippen LogP contribution in [0.15, 0.2) is 48.5 Å². The molecule has 0 amide bonds. The molecule has 0 aliphatic carbocycles. The van der Waals surface area contributed by atoms with E-state index in [1.165, 1.54) is 30.3 Å². The normalized spacial score (nSPS) is 11.7. The third-order valence-electron chi connectivity index (χ3n) is 2.60. The summed E-state index contributed by atoms with van der Waals surface area (Å²) in [5.41, 5.74) is 0.218. The van der Waals surface area contributed by atoms with E-state index in [9.17, 15) is 22.0 Å². The molecule has 6 heteroatoms. The fourth-order valence-electron chi connectivity index (χ4n) is 1.70. The molecule has 0 N–H and O–H groups in total. The standard InChI is InChI=1S/C14H9F5O/c15-13(16)20-12-3-1-2-10(8-12)9-4-6-11(7-5-9)14(17,18)19/h1-8,13H. The highest BCUT2D eigenvalue weighted by Gasteiger charge is 2.29. The third-order valence-corrected chi connectivity index (χ3v) is 2.60. The molecular formula is C14H9F5O. The van der Waals surface area contributed by atoms with Crippen molar-refractivity contribution in [3.05, 3.63) is 54.1 Å². The summed E-state index contributed by atoms with van der Waals surface area (Å²) in [6.45, 7) is -2.95. The lowest BCUT2D eigenvalue weighted by Crippen LogP contribution is -2.04. The average molecular weight is 288 g/mol. The quantitative estimate of drug-likeness (QED) is 0.724. The topological polar surface area (TPSA) is 9.23 Å². The van der Waals surface area contributed by atoms with Gasteiger partial charge in [0.2, 0.25) is 0 Å².